The minimum Gasteiger partial charge on any atom is -0.351 e. The number of nitrogens with zero attached hydrogens (tertiary/aromatic N) is 1. The van der Waals surface area contributed by atoms with Crippen molar-refractivity contribution in [3.8, 4) is 0 Å². The highest BCUT2D eigenvalue weighted by atomic mass is 16.2. The van der Waals surface area contributed by atoms with Gasteiger partial charge in [0.1, 0.15) is 0 Å². The molecule has 0 aromatic carbocycles. The van der Waals surface area contributed by atoms with Gasteiger partial charge < -0.3 is 16.0 Å². The van der Waals surface area contributed by atoms with Crippen LogP contribution in [0.25, 0.3) is 0 Å². The molecule has 3 N–H and O–H groups in total. The van der Waals surface area contributed by atoms with Crippen molar-refractivity contribution in [1.82, 2.24) is 10.2 Å². The lowest BCUT2D eigenvalue weighted by Gasteiger charge is -2.39. The molecule has 70 valence electrons. The Labute approximate surface area is 73.1 Å². The van der Waals surface area contributed by atoms with Crippen LogP contribution in [-0.4, -0.2) is 37.1 Å². The molecule has 1 unspecified atom stereocenters. The zero-order chi connectivity index (χ0) is 8.97. The topological polar surface area (TPSA) is 58.4 Å². The first-order valence-electron chi connectivity index (χ1n) is 4.46. The van der Waals surface area contributed by atoms with Crippen LogP contribution in [0.2, 0.25) is 0 Å². The van der Waals surface area contributed by atoms with Crippen molar-refractivity contribution in [2.24, 2.45) is 5.73 Å². The number of hydrogen-bond donors (Lipinski definition) is 2. The molecule has 1 saturated heterocycles. The molecule has 0 aromatic heterocycles. The molecule has 0 saturated carbocycles. The normalized spacial score (nSPS) is 22.1. The summed E-state index contributed by atoms with van der Waals surface area (Å²) in [5.74, 6) is 0. The molecule has 4 heteroatoms. The average Bonchev–Trinajstić information content (AvgIpc) is 1.94. The number of nitrogens with two attached hydrogens (primary N) is 1. The van der Waals surface area contributed by atoms with Crippen LogP contribution in [0.3, 0.4) is 0 Å². The first-order valence-corrected chi connectivity index (χ1v) is 4.46. The second-order valence-electron chi connectivity index (χ2n) is 3.22. The third-order valence-corrected chi connectivity index (χ3v) is 2.39. The van der Waals surface area contributed by atoms with Crippen LogP contribution in [0.15, 0.2) is 0 Å². The van der Waals surface area contributed by atoms with Crippen LogP contribution >= 0.6 is 0 Å². The van der Waals surface area contributed by atoms with E-state index in [0.29, 0.717) is 6.04 Å². The molecular weight excluding hydrogens is 154 g/mol. The molecule has 0 bridgehead atoms. The molecule has 2 amide bonds. The maximum atomic E-state index is 10.8. The summed E-state index contributed by atoms with van der Waals surface area (Å²) in [4.78, 5) is 12.5. The van der Waals surface area contributed by atoms with E-state index in [-0.39, 0.29) is 6.03 Å². The predicted octanol–water partition coefficient (Wildman–Crippen LogP) is 0.139. The van der Waals surface area contributed by atoms with E-state index in [0.717, 1.165) is 32.4 Å². The zero-order valence-electron chi connectivity index (χ0n) is 7.55. The predicted molar refractivity (Wildman–Crippen MR) is 47.9 cm³/mol. The lowest BCUT2D eigenvalue weighted by Crippen LogP contribution is -2.53. The molecule has 1 heterocycles. The Morgan fingerprint density at radius 3 is 2.92 bits per heavy atom. The molecule has 0 radical (unpaired) electrons. The number of likely N-dealkylation sites (tertiary alicyclic amines) is 1. The zero-order valence-corrected chi connectivity index (χ0v) is 7.55. The fourth-order valence-corrected chi connectivity index (χ4v) is 1.55. The second kappa shape index (κ2) is 4.30. The standard InChI is InChI=1S/C8H17N3O/c1-10-5-2-3-7-4-6-11(7)8(9)12/h7,10H,2-6H2,1H3,(H2,9,12). The van der Waals surface area contributed by atoms with Gasteiger partial charge in [0.25, 0.3) is 0 Å². The lowest BCUT2D eigenvalue weighted by atomic mass is 9.99. The van der Waals surface area contributed by atoms with E-state index < -0.39 is 0 Å². The number of rotatable bonds is 4. The fourth-order valence-electron chi connectivity index (χ4n) is 1.55. The van der Waals surface area contributed by atoms with E-state index >= 15 is 0 Å². The van der Waals surface area contributed by atoms with E-state index in [2.05, 4.69) is 5.32 Å². The van der Waals surface area contributed by atoms with E-state index in [9.17, 15) is 4.79 Å². The maximum absolute atomic E-state index is 10.8. The number of amides is 2. The number of carbonyl (C=O) groups excluding carboxylic acids is 1. The Morgan fingerprint density at radius 1 is 1.75 bits per heavy atom. The van der Waals surface area contributed by atoms with E-state index in [1.54, 1.807) is 4.90 Å². The van der Waals surface area contributed by atoms with Crippen LogP contribution in [-0.2, 0) is 0 Å². The molecule has 1 aliphatic heterocycles. The smallest absolute Gasteiger partial charge is 0.315 e. The van der Waals surface area contributed by atoms with Crippen molar-refractivity contribution < 1.29 is 4.79 Å². The first-order chi connectivity index (χ1) is 5.75. The van der Waals surface area contributed by atoms with Gasteiger partial charge in [-0.15, -0.1) is 0 Å². The highest BCUT2D eigenvalue weighted by molar-refractivity contribution is 5.73. The summed E-state index contributed by atoms with van der Waals surface area (Å²) >= 11 is 0. The summed E-state index contributed by atoms with van der Waals surface area (Å²) in [5, 5.41) is 3.08. The largest absolute Gasteiger partial charge is 0.351 e. The fraction of sp³-hybridized carbons (Fsp3) is 0.875. The van der Waals surface area contributed by atoms with Gasteiger partial charge in [-0.3, -0.25) is 0 Å². The minimum absolute atomic E-state index is 0.268. The monoisotopic (exact) mass is 171 g/mol. The van der Waals surface area contributed by atoms with Crippen molar-refractivity contribution in [2.75, 3.05) is 20.1 Å². The van der Waals surface area contributed by atoms with Gasteiger partial charge in [-0.05, 0) is 32.9 Å². The van der Waals surface area contributed by atoms with Gasteiger partial charge in [0.2, 0.25) is 0 Å². The van der Waals surface area contributed by atoms with Crippen LogP contribution in [0.1, 0.15) is 19.3 Å². The average molecular weight is 171 g/mol. The third kappa shape index (κ3) is 2.11. The third-order valence-electron chi connectivity index (χ3n) is 2.39. The van der Waals surface area contributed by atoms with Crippen molar-refractivity contribution in [3.63, 3.8) is 0 Å². The van der Waals surface area contributed by atoms with Crippen molar-refractivity contribution in [1.29, 1.82) is 0 Å². The van der Waals surface area contributed by atoms with E-state index in [1.807, 2.05) is 7.05 Å². The first kappa shape index (κ1) is 9.32. The van der Waals surface area contributed by atoms with Crippen LogP contribution < -0.4 is 11.1 Å². The van der Waals surface area contributed by atoms with Crippen molar-refractivity contribution in [3.05, 3.63) is 0 Å². The van der Waals surface area contributed by atoms with Gasteiger partial charge >= 0.3 is 6.03 Å². The van der Waals surface area contributed by atoms with Crippen molar-refractivity contribution >= 4 is 6.03 Å². The Balaban J connectivity index is 2.12. The molecule has 0 spiro atoms. The molecule has 0 aromatic rings. The SMILES string of the molecule is CNCCCC1CCN1C(N)=O. The number of urea groups is 1. The number of nitrogens with one attached hydrogen (secondary N) is 1. The molecule has 1 aliphatic rings. The maximum Gasteiger partial charge on any atom is 0.315 e. The van der Waals surface area contributed by atoms with Crippen LogP contribution in [0.5, 0.6) is 0 Å². The Kier molecular flexibility index (Phi) is 3.34. The Bertz CT molecular complexity index is 160. The highest BCUT2D eigenvalue weighted by Gasteiger charge is 2.29. The Hall–Kier alpha value is -0.770. The summed E-state index contributed by atoms with van der Waals surface area (Å²) in [6.07, 6.45) is 3.31. The van der Waals surface area contributed by atoms with Gasteiger partial charge in [-0.2, -0.15) is 0 Å². The van der Waals surface area contributed by atoms with Gasteiger partial charge in [0, 0.05) is 12.6 Å². The minimum atomic E-state index is -0.268. The summed E-state index contributed by atoms with van der Waals surface area (Å²) in [6.45, 7) is 1.86. The molecule has 4 nitrogen and oxygen atoms in total. The van der Waals surface area contributed by atoms with Crippen LogP contribution in [0, 0.1) is 0 Å². The van der Waals surface area contributed by atoms with Gasteiger partial charge in [-0.1, -0.05) is 0 Å². The molecule has 1 atom stereocenters. The molecule has 12 heavy (non-hydrogen) atoms. The molecule has 1 rings (SSSR count). The van der Waals surface area contributed by atoms with Gasteiger partial charge in [-0.25, -0.2) is 4.79 Å². The molecular formula is C8H17N3O. The van der Waals surface area contributed by atoms with E-state index in [1.165, 1.54) is 0 Å². The van der Waals surface area contributed by atoms with Gasteiger partial charge in [0.15, 0.2) is 0 Å². The molecule has 1 fully saturated rings. The molecule has 0 aliphatic carbocycles. The van der Waals surface area contributed by atoms with E-state index in [4.69, 9.17) is 5.73 Å². The quantitative estimate of drug-likeness (QED) is 0.591. The highest BCUT2D eigenvalue weighted by Crippen LogP contribution is 2.20. The van der Waals surface area contributed by atoms with Gasteiger partial charge in [0.05, 0.1) is 0 Å². The summed E-state index contributed by atoms with van der Waals surface area (Å²) in [7, 11) is 1.94. The number of primary amides is 1. The number of hydrogen-bond acceptors (Lipinski definition) is 2. The second-order valence-corrected chi connectivity index (χ2v) is 3.22. The van der Waals surface area contributed by atoms with Crippen molar-refractivity contribution in [2.45, 2.75) is 25.3 Å². The summed E-state index contributed by atoms with van der Waals surface area (Å²) < 4.78 is 0. The summed E-state index contributed by atoms with van der Waals surface area (Å²) in [5.41, 5.74) is 5.16. The lowest BCUT2D eigenvalue weighted by molar-refractivity contribution is 0.115. The van der Waals surface area contributed by atoms with Crippen LogP contribution in [0.4, 0.5) is 4.79 Å². The summed E-state index contributed by atoms with van der Waals surface area (Å²) in [6, 6.07) is 0.145. The number of carbonyl (C=O) groups is 1. The Morgan fingerprint density at radius 2 is 2.50 bits per heavy atom.